The SMILES string of the molecule is COC(=O)C1CCC1.COC(=O)[C@@H]1CCN1C(=O)OCc1ccccc1.O=C(Cl)OCc1ccccc1. The van der Waals surface area contributed by atoms with Crippen LogP contribution in [0.25, 0.3) is 0 Å². The van der Waals surface area contributed by atoms with Crippen LogP contribution < -0.4 is 0 Å². The molecule has 1 aliphatic carbocycles. The normalized spacial score (nSPS) is 15.6. The molecule has 37 heavy (non-hydrogen) atoms. The zero-order valence-electron chi connectivity index (χ0n) is 21.0. The van der Waals surface area contributed by atoms with E-state index in [1.165, 1.54) is 25.5 Å². The second kappa shape index (κ2) is 16.2. The van der Waals surface area contributed by atoms with Gasteiger partial charge in [-0.25, -0.2) is 14.4 Å². The van der Waals surface area contributed by atoms with E-state index in [0.717, 1.165) is 24.0 Å². The number of likely N-dealkylation sites (tertiary alicyclic amines) is 1. The Bertz CT molecular complexity index is 998. The van der Waals surface area contributed by atoms with E-state index in [0.29, 0.717) is 13.0 Å². The summed E-state index contributed by atoms with van der Waals surface area (Å²) in [6.07, 6.45) is 3.42. The van der Waals surface area contributed by atoms with Gasteiger partial charge >= 0.3 is 23.5 Å². The Labute approximate surface area is 221 Å². The Morgan fingerprint density at radius 2 is 1.30 bits per heavy atom. The first-order chi connectivity index (χ1) is 17.8. The second-order valence-electron chi connectivity index (χ2n) is 8.22. The lowest BCUT2D eigenvalue weighted by atomic mass is 9.86. The van der Waals surface area contributed by atoms with Crippen molar-refractivity contribution in [3.63, 3.8) is 0 Å². The highest BCUT2D eigenvalue weighted by Crippen LogP contribution is 2.26. The smallest absolute Gasteiger partial charge is 0.410 e. The lowest BCUT2D eigenvalue weighted by molar-refractivity contribution is -0.150. The number of amides is 1. The monoisotopic (exact) mass is 533 g/mol. The molecule has 2 aromatic rings. The average Bonchev–Trinajstić information content (AvgIpc) is 2.86. The summed E-state index contributed by atoms with van der Waals surface area (Å²) in [5.74, 6) is -0.186. The maximum Gasteiger partial charge on any atom is 0.410 e. The van der Waals surface area contributed by atoms with Crippen LogP contribution in [0.2, 0.25) is 0 Å². The Kier molecular flexibility index (Phi) is 13.0. The molecule has 1 saturated heterocycles. The highest BCUT2D eigenvalue weighted by atomic mass is 35.5. The van der Waals surface area contributed by atoms with Crippen LogP contribution in [0.15, 0.2) is 60.7 Å². The summed E-state index contributed by atoms with van der Waals surface area (Å²) in [5.41, 5.74) is 1.08. The second-order valence-corrected chi connectivity index (χ2v) is 8.53. The molecule has 1 aliphatic heterocycles. The van der Waals surface area contributed by atoms with Crippen LogP contribution in [0.3, 0.4) is 0 Å². The molecule has 1 saturated carbocycles. The molecule has 0 bridgehead atoms. The molecule has 0 radical (unpaired) electrons. The number of hydrogen-bond acceptors (Lipinski definition) is 8. The number of hydrogen-bond donors (Lipinski definition) is 0. The van der Waals surface area contributed by atoms with E-state index in [-0.39, 0.29) is 25.1 Å². The fraction of sp³-hybridized carbons (Fsp3) is 0.407. The molecule has 10 heteroatoms. The van der Waals surface area contributed by atoms with Crippen molar-refractivity contribution in [2.24, 2.45) is 5.92 Å². The maximum atomic E-state index is 11.7. The minimum atomic E-state index is -0.770. The topological polar surface area (TPSA) is 108 Å². The highest BCUT2D eigenvalue weighted by molar-refractivity contribution is 6.61. The van der Waals surface area contributed by atoms with Crippen LogP contribution in [-0.4, -0.2) is 55.2 Å². The molecule has 4 rings (SSSR count). The summed E-state index contributed by atoms with van der Waals surface area (Å²) >= 11 is 4.97. The van der Waals surface area contributed by atoms with Gasteiger partial charge in [0, 0.05) is 18.1 Å². The predicted molar refractivity (Wildman–Crippen MR) is 136 cm³/mol. The molecule has 0 aromatic heterocycles. The van der Waals surface area contributed by atoms with Gasteiger partial charge in [0.15, 0.2) is 0 Å². The zero-order chi connectivity index (χ0) is 27.0. The molecular weight excluding hydrogens is 502 g/mol. The number of nitrogens with zero attached hydrogens (tertiary/aromatic N) is 1. The Morgan fingerprint density at radius 1 is 0.784 bits per heavy atom. The van der Waals surface area contributed by atoms with Crippen molar-refractivity contribution in [3.8, 4) is 0 Å². The molecule has 0 N–H and O–H groups in total. The first kappa shape index (κ1) is 29.6. The van der Waals surface area contributed by atoms with Gasteiger partial charge < -0.3 is 18.9 Å². The largest absolute Gasteiger partial charge is 0.469 e. The quantitative estimate of drug-likeness (QED) is 0.287. The third-order valence-electron chi connectivity index (χ3n) is 5.77. The Morgan fingerprint density at radius 3 is 1.65 bits per heavy atom. The van der Waals surface area contributed by atoms with Gasteiger partial charge in [-0.05, 0) is 30.4 Å². The van der Waals surface area contributed by atoms with E-state index >= 15 is 0 Å². The van der Waals surface area contributed by atoms with Crippen LogP contribution in [0.5, 0.6) is 0 Å². The number of rotatable bonds is 6. The Hall–Kier alpha value is -3.59. The van der Waals surface area contributed by atoms with Crippen LogP contribution in [0.4, 0.5) is 9.59 Å². The van der Waals surface area contributed by atoms with E-state index in [1.807, 2.05) is 60.7 Å². The summed E-state index contributed by atoms with van der Waals surface area (Å²) in [5, 5.41) is 0. The Balaban J connectivity index is 0.000000215. The molecule has 2 aliphatic rings. The average molecular weight is 534 g/mol. The van der Waals surface area contributed by atoms with Gasteiger partial charge in [-0.3, -0.25) is 9.69 Å². The van der Waals surface area contributed by atoms with E-state index in [4.69, 9.17) is 16.3 Å². The van der Waals surface area contributed by atoms with Gasteiger partial charge in [-0.1, -0.05) is 67.1 Å². The zero-order valence-corrected chi connectivity index (χ0v) is 21.7. The van der Waals surface area contributed by atoms with Gasteiger partial charge in [0.05, 0.1) is 20.1 Å². The van der Waals surface area contributed by atoms with Crippen molar-refractivity contribution in [1.82, 2.24) is 4.90 Å². The van der Waals surface area contributed by atoms with Gasteiger partial charge in [-0.2, -0.15) is 0 Å². The van der Waals surface area contributed by atoms with E-state index < -0.39 is 23.5 Å². The van der Waals surface area contributed by atoms with Gasteiger partial charge in [0.1, 0.15) is 19.3 Å². The fourth-order valence-corrected chi connectivity index (χ4v) is 3.37. The minimum absolute atomic E-state index is 0.0312. The third-order valence-corrected chi connectivity index (χ3v) is 5.88. The van der Waals surface area contributed by atoms with Crippen molar-refractivity contribution in [2.45, 2.75) is 44.9 Å². The molecule has 0 unspecified atom stereocenters. The maximum absolute atomic E-state index is 11.7. The number of ether oxygens (including phenoxy) is 4. The van der Waals surface area contributed by atoms with Crippen molar-refractivity contribution in [2.75, 3.05) is 20.8 Å². The third kappa shape index (κ3) is 10.5. The molecule has 1 amide bonds. The molecule has 1 atom stereocenters. The number of halogens is 1. The van der Waals surface area contributed by atoms with Crippen molar-refractivity contribution < 1.29 is 38.1 Å². The molecule has 9 nitrogen and oxygen atoms in total. The minimum Gasteiger partial charge on any atom is -0.469 e. The van der Waals surface area contributed by atoms with Crippen LogP contribution in [0, 0.1) is 5.92 Å². The van der Waals surface area contributed by atoms with E-state index in [2.05, 4.69) is 14.2 Å². The van der Waals surface area contributed by atoms with Crippen molar-refractivity contribution >= 4 is 35.1 Å². The summed E-state index contributed by atoms with van der Waals surface area (Å²) in [6, 6.07) is 18.3. The standard InChI is InChI=1S/C13H15NO4.C8H7ClO2.C6H10O2/c1-17-12(15)11-7-8-14(11)13(16)18-9-10-5-3-2-4-6-10;9-8(10)11-6-7-4-2-1-3-5-7;1-8-6(7)5-3-2-4-5/h2-6,11H,7-9H2,1H3;1-5H,6H2;5H,2-4H2,1H3/t11-;;/m0../s1. The predicted octanol–water partition coefficient (Wildman–Crippen LogP) is 5.09. The first-order valence-corrected chi connectivity index (χ1v) is 12.2. The molecule has 2 fully saturated rings. The first-order valence-electron chi connectivity index (χ1n) is 11.8. The van der Waals surface area contributed by atoms with Crippen LogP contribution >= 0.6 is 11.6 Å². The van der Waals surface area contributed by atoms with Gasteiger partial charge in [-0.15, -0.1) is 0 Å². The van der Waals surface area contributed by atoms with E-state index in [1.54, 1.807) is 0 Å². The summed E-state index contributed by atoms with van der Waals surface area (Å²) in [7, 11) is 2.76. The van der Waals surface area contributed by atoms with Gasteiger partial charge in [0.2, 0.25) is 0 Å². The number of carbonyl (C=O) groups excluding carboxylic acids is 4. The van der Waals surface area contributed by atoms with E-state index in [9.17, 15) is 19.2 Å². The van der Waals surface area contributed by atoms with Crippen molar-refractivity contribution in [1.29, 1.82) is 0 Å². The number of benzene rings is 2. The van der Waals surface area contributed by atoms with Crippen LogP contribution in [0.1, 0.15) is 36.8 Å². The number of carbonyl (C=O) groups is 4. The highest BCUT2D eigenvalue weighted by Gasteiger charge is 2.39. The summed E-state index contributed by atoms with van der Waals surface area (Å²) in [4.78, 5) is 45.2. The molecular formula is C27H32ClNO8. The summed E-state index contributed by atoms with van der Waals surface area (Å²) < 4.78 is 18.8. The number of esters is 2. The lowest BCUT2D eigenvalue weighted by Crippen LogP contribution is -2.55. The molecule has 2 aromatic carbocycles. The molecule has 200 valence electrons. The van der Waals surface area contributed by atoms with Gasteiger partial charge in [0.25, 0.3) is 0 Å². The fourth-order valence-electron chi connectivity index (χ4n) is 3.31. The molecule has 1 heterocycles. The summed E-state index contributed by atoms with van der Waals surface area (Å²) in [6.45, 7) is 0.987. The van der Waals surface area contributed by atoms with Crippen LogP contribution in [-0.2, 0) is 41.8 Å². The number of methoxy groups -OCH3 is 2. The molecule has 0 spiro atoms. The van der Waals surface area contributed by atoms with Crippen molar-refractivity contribution in [3.05, 3.63) is 71.8 Å². The lowest BCUT2D eigenvalue weighted by Gasteiger charge is -2.37.